The number of hydrogen-bond donors (Lipinski definition) is 2. The summed E-state index contributed by atoms with van der Waals surface area (Å²) in [7, 11) is -3.78. The monoisotopic (exact) mass is 502 g/mol. The average molecular weight is 503 g/mol. The van der Waals surface area contributed by atoms with E-state index < -0.39 is 10.0 Å². The van der Waals surface area contributed by atoms with E-state index in [1.54, 1.807) is 6.07 Å². The molecular weight excluding hydrogens is 468 g/mol. The van der Waals surface area contributed by atoms with Gasteiger partial charge in [0.1, 0.15) is 17.0 Å². The number of anilines is 1. The molecule has 3 N–H and O–H groups in total. The van der Waals surface area contributed by atoms with Gasteiger partial charge in [-0.1, -0.05) is 13.8 Å². The number of aromatic nitrogens is 1. The largest absolute Gasteiger partial charge is 0.494 e. The van der Waals surface area contributed by atoms with Crippen LogP contribution in [0, 0.1) is 5.92 Å². The Morgan fingerprint density at radius 1 is 1.14 bits per heavy atom. The van der Waals surface area contributed by atoms with Crippen LogP contribution in [0.25, 0.3) is 11.1 Å². The highest BCUT2D eigenvalue weighted by Crippen LogP contribution is 2.27. The van der Waals surface area contributed by atoms with Gasteiger partial charge < -0.3 is 19.2 Å². The second-order valence-electron chi connectivity index (χ2n) is 9.34. The third-order valence-corrected chi connectivity index (χ3v) is 6.75. The van der Waals surface area contributed by atoms with E-state index in [1.165, 1.54) is 17.7 Å². The molecule has 0 spiro atoms. The Hall–Kier alpha value is -2.82. The lowest BCUT2D eigenvalue weighted by Crippen LogP contribution is -2.38. The second kappa shape index (κ2) is 10.8. The molecule has 2 heterocycles. The summed E-state index contributed by atoms with van der Waals surface area (Å²) >= 11 is 0. The van der Waals surface area contributed by atoms with Crippen LogP contribution in [0.2, 0.25) is 0 Å². The maximum absolute atomic E-state index is 11.6. The lowest BCUT2D eigenvalue weighted by molar-refractivity contribution is 0.209. The molecule has 1 aliphatic heterocycles. The quantitative estimate of drug-likeness (QED) is 0.427. The summed E-state index contributed by atoms with van der Waals surface area (Å²) in [6.45, 7) is 10.2. The molecule has 0 unspecified atom stereocenters. The van der Waals surface area contributed by atoms with Gasteiger partial charge in [-0.15, -0.1) is 0 Å². The Bertz CT molecular complexity index is 1250. The predicted octanol–water partition coefficient (Wildman–Crippen LogP) is 3.99. The van der Waals surface area contributed by atoms with Crippen molar-refractivity contribution >= 4 is 27.1 Å². The molecule has 190 valence electrons. The van der Waals surface area contributed by atoms with Crippen molar-refractivity contribution in [2.24, 2.45) is 11.1 Å². The molecule has 2 aromatic carbocycles. The fourth-order valence-corrected chi connectivity index (χ4v) is 4.67. The molecule has 1 aliphatic rings. The van der Waals surface area contributed by atoms with Crippen molar-refractivity contribution in [3.05, 3.63) is 42.0 Å². The lowest BCUT2D eigenvalue weighted by Gasteiger charge is -2.32. The minimum absolute atomic E-state index is 0.0179. The lowest BCUT2D eigenvalue weighted by atomic mass is 10.0. The summed E-state index contributed by atoms with van der Waals surface area (Å²) in [4.78, 5) is 6.83. The van der Waals surface area contributed by atoms with Gasteiger partial charge in [-0.25, -0.2) is 13.6 Å². The Labute approximate surface area is 206 Å². The molecule has 35 heavy (non-hydrogen) atoms. The number of hydrogen-bond acceptors (Lipinski definition) is 8. The summed E-state index contributed by atoms with van der Waals surface area (Å²) in [5, 5.41) is 8.56. The molecule has 1 fully saturated rings. The molecule has 4 rings (SSSR count). The van der Waals surface area contributed by atoms with Crippen LogP contribution < -0.4 is 19.9 Å². The van der Waals surface area contributed by atoms with Gasteiger partial charge in [0, 0.05) is 31.7 Å². The van der Waals surface area contributed by atoms with E-state index in [9.17, 15) is 8.42 Å². The van der Waals surface area contributed by atoms with Crippen molar-refractivity contribution in [1.29, 1.82) is 0 Å². The number of piperidine rings is 1. The summed E-state index contributed by atoms with van der Waals surface area (Å²) in [6.07, 6.45) is 1.87. The number of sulfonamides is 1. The van der Waals surface area contributed by atoms with E-state index in [4.69, 9.17) is 19.0 Å². The third kappa shape index (κ3) is 6.87. The maximum atomic E-state index is 11.6. The van der Waals surface area contributed by atoms with E-state index >= 15 is 0 Å². The summed E-state index contributed by atoms with van der Waals surface area (Å²) in [6, 6.07) is 11.2. The summed E-state index contributed by atoms with van der Waals surface area (Å²) in [5.41, 5.74) is 2.15. The first-order chi connectivity index (χ1) is 16.7. The number of oxazole rings is 1. The molecule has 3 aromatic rings. The van der Waals surface area contributed by atoms with Crippen molar-refractivity contribution < 1.29 is 22.3 Å². The van der Waals surface area contributed by atoms with Gasteiger partial charge in [0.15, 0.2) is 5.58 Å². The SMILES string of the molecule is CCOc1cc(CN2CCC(Nc3nc4cc(S(N)(=O)=O)ccc4o3)CC2)cc(OCC(C)C)c1. The van der Waals surface area contributed by atoms with Crippen molar-refractivity contribution in [1.82, 2.24) is 9.88 Å². The average Bonchev–Trinajstić information content (AvgIpc) is 3.20. The minimum Gasteiger partial charge on any atom is -0.494 e. The maximum Gasteiger partial charge on any atom is 0.295 e. The zero-order chi connectivity index (χ0) is 25.0. The van der Waals surface area contributed by atoms with E-state index in [-0.39, 0.29) is 10.9 Å². The molecule has 0 saturated carbocycles. The van der Waals surface area contributed by atoms with Gasteiger partial charge in [-0.3, -0.25) is 4.90 Å². The highest BCUT2D eigenvalue weighted by Gasteiger charge is 2.22. The van der Waals surface area contributed by atoms with E-state index in [0.717, 1.165) is 44.0 Å². The van der Waals surface area contributed by atoms with Crippen molar-refractivity contribution in [2.75, 3.05) is 31.6 Å². The molecule has 9 nitrogen and oxygen atoms in total. The number of rotatable bonds is 10. The van der Waals surface area contributed by atoms with E-state index in [1.807, 2.05) is 13.0 Å². The van der Waals surface area contributed by atoms with Gasteiger partial charge in [-0.05, 0) is 61.6 Å². The van der Waals surface area contributed by atoms with Crippen LogP contribution in [0.1, 0.15) is 39.2 Å². The van der Waals surface area contributed by atoms with Crippen LogP contribution in [0.4, 0.5) is 6.01 Å². The molecular formula is C25H34N4O5S. The number of ether oxygens (including phenoxy) is 2. The number of primary sulfonamides is 1. The minimum atomic E-state index is -3.78. The molecule has 0 radical (unpaired) electrons. The molecule has 10 heteroatoms. The number of benzene rings is 2. The number of likely N-dealkylation sites (tertiary alicyclic amines) is 1. The van der Waals surface area contributed by atoms with Crippen LogP contribution in [0.3, 0.4) is 0 Å². The first-order valence-corrected chi connectivity index (χ1v) is 13.6. The van der Waals surface area contributed by atoms with Gasteiger partial charge >= 0.3 is 0 Å². The summed E-state index contributed by atoms with van der Waals surface area (Å²) < 4.78 is 40.6. The van der Waals surface area contributed by atoms with Crippen molar-refractivity contribution in [3.8, 4) is 11.5 Å². The summed E-state index contributed by atoms with van der Waals surface area (Å²) in [5.74, 6) is 2.14. The predicted molar refractivity (Wildman–Crippen MR) is 135 cm³/mol. The van der Waals surface area contributed by atoms with Crippen LogP contribution in [0.5, 0.6) is 11.5 Å². The molecule has 1 aromatic heterocycles. The standard InChI is InChI=1S/C25H34N4O5S/c1-4-32-20-11-18(12-21(13-20)33-16-17(2)3)15-29-9-7-19(8-10-29)27-25-28-23-14-22(35(26,30)31)5-6-24(23)34-25/h5-6,11-14,17,19H,4,7-10,15-16H2,1-3H3,(H,27,28)(H2,26,30,31). The molecule has 0 atom stereocenters. The molecule has 0 aliphatic carbocycles. The van der Waals surface area contributed by atoms with Crippen LogP contribution in [0.15, 0.2) is 45.7 Å². The van der Waals surface area contributed by atoms with Crippen LogP contribution in [-0.4, -0.2) is 50.6 Å². The highest BCUT2D eigenvalue weighted by atomic mass is 32.2. The third-order valence-electron chi connectivity index (χ3n) is 5.84. The Balaban J connectivity index is 1.35. The van der Waals surface area contributed by atoms with Gasteiger partial charge in [0.25, 0.3) is 6.01 Å². The topological polar surface area (TPSA) is 120 Å². The van der Waals surface area contributed by atoms with Gasteiger partial charge in [-0.2, -0.15) is 4.98 Å². The number of nitrogens with one attached hydrogen (secondary N) is 1. The molecule has 1 saturated heterocycles. The van der Waals surface area contributed by atoms with Crippen molar-refractivity contribution in [3.63, 3.8) is 0 Å². The van der Waals surface area contributed by atoms with E-state index in [2.05, 4.69) is 41.2 Å². The molecule has 0 amide bonds. The fraction of sp³-hybridized carbons (Fsp3) is 0.480. The Kier molecular flexibility index (Phi) is 7.83. The first-order valence-electron chi connectivity index (χ1n) is 12.0. The number of nitrogens with two attached hydrogens (primary N) is 1. The smallest absolute Gasteiger partial charge is 0.295 e. The number of fused-ring (bicyclic) bond motifs is 1. The van der Waals surface area contributed by atoms with Crippen molar-refractivity contribution in [2.45, 2.75) is 51.1 Å². The molecule has 0 bridgehead atoms. The van der Waals surface area contributed by atoms with Crippen LogP contribution >= 0.6 is 0 Å². The van der Waals surface area contributed by atoms with Gasteiger partial charge in [0.2, 0.25) is 10.0 Å². The highest BCUT2D eigenvalue weighted by molar-refractivity contribution is 7.89. The number of nitrogens with zero attached hydrogens (tertiary/aromatic N) is 2. The van der Waals surface area contributed by atoms with Crippen LogP contribution in [-0.2, 0) is 16.6 Å². The van der Waals surface area contributed by atoms with E-state index in [0.29, 0.717) is 36.2 Å². The normalized spacial score (nSPS) is 15.6. The zero-order valence-corrected chi connectivity index (χ0v) is 21.3. The second-order valence-corrected chi connectivity index (χ2v) is 10.9. The zero-order valence-electron chi connectivity index (χ0n) is 20.5. The Morgan fingerprint density at radius 2 is 1.86 bits per heavy atom. The van der Waals surface area contributed by atoms with Gasteiger partial charge in [0.05, 0.1) is 18.1 Å². The first kappa shape index (κ1) is 25.3. The Morgan fingerprint density at radius 3 is 2.51 bits per heavy atom. The fourth-order valence-electron chi connectivity index (χ4n) is 4.13.